The highest BCUT2D eigenvalue weighted by Crippen LogP contribution is 2.54. The van der Waals surface area contributed by atoms with Gasteiger partial charge in [-0.25, -0.2) is 0 Å². The number of fused-ring (bicyclic) bond motifs is 2. The number of halogens is 5. The van der Waals surface area contributed by atoms with E-state index in [1.807, 2.05) is 0 Å². The van der Waals surface area contributed by atoms with Gasteiger partial charge in [0.05, 0.1) is 18.8 Å². The number of rotatable bonds is 3. The molecule has 24 heavy (non-hydrogen) atoms. The topological polar surface area (TPSA) is 44.5 Å². The molecule has 0 aromatic heterocycles. The summed E-state index contributed by atoms with van der Waals surface area (Å²) in [7, 11) is 0. The van der Waals surface area contributed by atoms with Gasteiger partial charge in [-0.05, 0) is 38.6 Å². The third kappa shape index (κ3) is 2.60. The van der Waals surface area contributed by atoms with Crippen LogP contribution in [0.1, 0.15) is 35.1 Å². The second-order valence-corrected chi connectivity index (χ2v) is 5.98. The van der Waals surface area contributed by atoms with Gasteiger partial charge in [-0.3, -0.25) is 0 Å². The number of nitrogens with two attached hydrogens (primary N) is 1. The van der Waals surface area contributed by atoms with Gasteiger partial charge in [-0.2, -0.15) is 22.0 Å². The zero-order valence-corrected chi connectivity index (χ0v) is 12.9. The molecule has 0 aliphatic carbocycles. The molecule has 8 heteroatoms. The molecule has 2 aliphatic heterocycles. The Hall–Kier alpha value is -1.57. The molecule has 3 rings (SSSR count). The van der Waals surface area contributed by atoms with Crippen LogP contribution >= 0.6 is 0 Å². The van der Waals surface area contributed by atoms with Gasteiger partial charge < -0.3 is 15.2 Å². The first-order chi connectivity index (χ1) is 11.3. The van der Waals surface area contributed by atoms with Crippen molar-refractivity contribution >= 4 is 0 Å². The first-order valence-corrected chi connectivity index (χ1v) is 7.90. The van der Waals surface area contributed by atoms with Gasteiger partial charge in [0.15, 0.2) is 0 Å². The Labute approximate surface area is 135 Å². The predicted octanol–water partition coefficient (Wildman–Crippen LogP) is 3.49. The van der Waals surface area contributed by atoms with Gasteiger partial charge in [0.2, 0.25) is 0 Å². The molecule has 2 heterocycles. The van der Waals surface area contributed by atoms with Gasteiger partial charge in [-0.15, -0.1) is 0 Å². The van der Waals surface area contributed by atoms with Crippen molar-refractivity contribution in [1.29, 1.82) is 0 Å². The summed E-state index contributed by atoms with van der Waals surface area (Å²) < 4.78 is 78.5. The third-order valence-electron chi connectivity index (χ3n) is 4.41. The van der Waals surface area contributed by atoms with Crippen molar-refractivity contribution < 1.29 is 31.4 Å². The monoisotopic (exact) mass is 351 g/mol. The lowest BCUT2D eigenvalue weighted by atomic mass is 9.85. The molecule has 3 nitrogen and oxygen atoms in total. The van der Waals surface area contributed by atoms with Crippen LogP contribution in [0.2, 0.25) is 0 Å². The van der Waals surface area contributed by atoms with E-state index in [4.69, 9.17) is 15.2 Å². The molecule has 0 saturated carbocycles. The van der Waals surface area contributed by atoms with E-state index in [0.29, 0.717) is 43.4 Å². The molecule has 0 bridgehead atoms. The number of hydrogen-bond donors (Lipinski definition) is 1. The third-order valence-corrected chi connectivity index (χ3v) is 4.41. The molecule has 0 unspecified atom stereocenters. The molecule has 0 amide bonds. The molecule has 0 radical (unpaired) electrons. The van der Waals surface area contributed by atoms with Crippen molar-refractivity contribution in [1.82, 2.24) is 0 Å². The lowest BCUT2D eigenvalue weighted by Gasteiger charge is -2.33. The average Bonchev–Trinajstić information content (AvgIpc) is 2.53. The quantitative estimate of drug-likeness (QED) is 0.848. The van der Waals surface area contributed by atoms with Crippen LogP contribution in [0, 0.1) is 0 Å². The summed E-state index contributed by atoms with van der Waals surface area (Å²) >= 11 is 0. The second-order valence-electron chi connectivity index (χ2n) is 5.98. The standard InChI is InChI=1S/C16H18F5NO2/c17-15(18,16(19,20)21)12-11-4-2-7-23-13(11)10(5-6-22)9-3-1-8-24-14(9)12/h1-8,22H2. The highest BCUT2D eigenvalue weighted by Gasteiger charge is 2.62. The van der Waals surface area contributed by atoms with E-state index in [2.05, 4.69) is 0 Å². The molecular formula is C16H18F5NO2. The minimum absolute atomic E-state index is 0.0901. The normalized spacial score (nSPS) is 17.6. The minimum atomic E-state index is -5.69. The largest absolute Gasteiger partial charge is 0.493 e. The van der Waals surface area contributed by atoms with Gasteiger partial charge in [0, 0.05) is 16.7 Å². The predicted molar refractivity (Wildman–Crippen MR) is 76.8 cm³/mol. The molecule has 0 spiro atoms. The van der Waals surface area contributed by atoms with Crippen LogP contribution in [0.4, 0.5) is 22.0 Å². The fourth-order valence-electron chi connectivity index (χ4n) is 3.42. The first-order valence-electron chi connectivity index (χ1n) is 7.90. The van der Waals surface area contributed by atoms with Crippen LogP contribution < -0.4 is 15.2 Å². The summed E-state index contributed by atoms with van der Waals surface area (Å²) in [4.78, 5) is 0. The van der Waals surface area contributed by atoms with Crippen molar-refractivity contribution in [2.45, 2.75) is 44.2 Å². The molecule has 2 aliphatic rings. The van der Waals surface area contributed by atoms with E-state index in [1.54, 1.807) is 0 Å². The number of ether oxygens (including phenoxy) is 2. The first kappa shape index (κ1) is 17.3. The van der Waals surface area contributed by atoms with Crippen molar-refractivity contribution in [2.24, 2.45) is 5.73 Å². The van der Waals surface area contributed by atoms with Gasteiger partial charge in [0.25, 0.3) is 0 Å². The van der Waals surface area contributed by atoms with Crippen molar-refractivity contribution in [3.63, 3.8) is 0 Å². The lowest BCUT2D eigenvalue weighted by molar-refractivity contribution is -0.290. The van der Waals surface area contributed by atoms with Crippen molar-refractivity contribution in [2.75, 3.05) is 19.8 Å². The summed E-state index contributed by atoms with van der Waals surface area (Å²) in [5, 5.41) is 0. The molecule has 0 saturated heterocycles. The van der Waals surface area contributed by atoms with E-state index in [-0.39, 0.29) is 36.6 Å². The smallest absolute Gasteiger partial charge is 0.458 e. The Kier molecular flexibility index (Phi) is 4.36. The van der Waals surface area contributed by atoms with Crippen LogP contribution in [-0.4, -0.2) is 25.9 Å². The van der Waals surface area contributed by atoms with Gasteiger partial charge in [-0.1, -0.05) is 0 Å². The molecule has 0 fully saturated rings. The van der Waals surface area contributed by atoms with E-state index in [1.165, 1.54) is 0 Å². The van der Waals surface area contributed by atoms with Crippen LogP contribution in [0.15, 0.2) is 0 Å². The van der Waals surface area contributed by atoms with Gasteiger partial charge >= 0.3 is 12.1 Å². The van der Waals surface area contributed by atoms with E-state index in [9.17, 15) is 22.0 Å². The fraction of sp³-hybridized carbons (Fsp3) is 0.625. The maximum atomic E-state index is 14.3. The van der Waals surface area contributed by atoms with E-state index < -0.39 is 17.7 Å². The van der Waals surface area contributed by atoms with Crippen LogP contribution in [0.5, 0.6) is 11.5 Å². The molecular weight excluding hydrogens is 333 g/mol. The Morgan fingerprint density at radius 2 is 1.46 bits per heavy atom. The van der Waals surface area contributed by atoms with Crippen LogP contribution in [0.3, 0.4) is 0 Å². The highest BCUT2D eigenvalue weighted by atomic mass is 19.4. The number of alkyl halides is 5. The average molecular weight is 351 g/mol. The van der Waals surface area contributed by atoms with Gasteiger partial charge in [0.1, 0.15) is 11.5 Å². The lowest BCUT2D eigenvalue weighted by Crippen LogP contribution is -2.37. The summed E-state index contributed by atoms with van der Waals surface area (Å²) in [6.07, 6.45) is -3.92. The molecule has 1 aromatic carbocycles. The summed E-state index contributed by atoms with van der Waals surface area (Å²) in [5.41, 5.74) is 5.43. The Morgan fingerprint density at radius 3 is 2.04 bits per heavy atom. The van der Waals surface area contributed by atoms with Crippen molar-refractivity contribution in [3.05, 3.63) is 22.3 Å². The van der Waals surface area contributed by atoms with Crippen LogP contribution in [0.25, 0.3) is 0 Å². The zero-order chi connectivity index (χ0) is 17.5. The number of hydrogen-bond acceptors (Lipinski definition) is 3. The maximum absolute atomic E-state index is 14.3. The summed E-state index contributed by atoms with van der Waals surface area (Å²) in [6, 6.07) is 0. The Balaban J connectivity index is 2.32. The fourth-order valence-corrected chi connectivity index (χ4v) is 3.42. The summed E-state index contributed by atoms with van der Waals surface area (Å²) in [5.74, 6) is -5.16. The van der Waals surface area contributed by atoms with E-state index in [0.717, 1.165) is 0 Å². The molecule has 134 valence electrons. The SMILES string of the molecule is NCCc1c2c(c(C(F)(F)C(F)(F)F)c3c1OCCC3)OCCC2. The highest BCUT2D eigenvalue weighted by molar-refractivity contribution is 5.62. The molecule has 1 aromatic rings. The van der Waals surface area contributed by atoms with E-state index >= 15 is 0 Å². The zero-order valence-electron chi connectivity index (χ0n) is 12.9. The summed E-state index contributed by atoms with van der Waals surface area (Å²) in [6.45, 7) is 0.661. The minimum Gasteiger partial charge on any atom is -0.493 e. The Bertz CT molecular complexity index is 605. The molecule has 2 N–H and O–H groups in total. The Morgan fingerprint density at radius 1 is 0.875 bits per heavy atom. The molecule has 0 atom stereocenters. The second kappa shape index (κ2) is 6.06. The van der Waals surface area contributed by atoms with Crippen LogP contribution in [-0.2, 0) is 25.2 Å². The number of benzene rings is 1. The maximum Gasteiger partial charge on any atom is 0.458 e. The van der Waals surface area contributed by atoms with Crippen molar-refractivity contribution in [3.8, 4) is 11.5 Å².